The Kier molecular flexibility index (Phi) is 6.68. The third-order valence-corrected chi connectivity index (χ3v) is 8.50. The molecule has 0 spiro atoms. The number of sulfonamides is 1. The standard InChI is InChI=1S/C21H31N5O5S/c1-16(21(27)22-17-5-6-17)23-11-13-24(14-12-23)19-8-7-18(15-20(19)26(28)29)32(30,31)25-9-3-2-4-10-25/h7-8,15-17H,2-6,9-14H2,1H3,(H,22,27). The van der Waals surface area contributed by atoms with Crippen LogP contribution in [0.15, 0.2) is 23.1 Å². The van der Waals surface area contributed by atoms with Gasteiger partial charge in [-0.05, 0) is 44.7 Å². The number of piperazine rings is 1. The highest BCUT2D eigenvalue weighted by Gasteiger charge is 2.33. The summed E-state index contributed by atoms with van der Waals surface area (Å²) in [5.41, 5.74) is 0.221. The maximum atomic E-state index is 13.0. The second-order valence-corrected chi connectivity index (χ2v) is 10.8. The zero-order valence-corrected chi connectivity index (χ0v) is 19.2. The molecule has 1 aromatic carbocycles. The molecule has 3 aliphatic rings. The number of benzene rings is 1. The second kappa shape index (κ2) is 9.32. The highest BCUT2D eigenvalue weighted by atomic mass is 32.2. The van der Waals surface area contributed by atoms with Gasteiger partial charge in [0.2, 0.25) is 15.9 Å². The first kappa shape index (κ1) is 22.9. The van der Waals surface area contributed by atoms with Crippen molar-refractivity contribution in [2.24, 2.45) is 0 Å². The molecule has 2 saturated heterocycles. The van der Waals surface area contributed by atoms with Gasteiger partial charge in [-0.15, -0.1) is 0 Å². The minimum atomic E-state index is -3.74. The van der Waals surface area contributed by atoms with Crippen LogP contribution in [0.5, 0.6) is 0 Å². The van der Waals surface area contributed by atoms with Crippen molar-refractivity contribution in [2.75, 3.05) is 44.2 Å². The molecule has 0 radical (unpaired) electrons. The minimum Gasteiger partial charge on any atom is -0.363 e. The summed E-state index contributed by atoms with van der Waals surface area (Å²) in [7, 11) is -3.74. The van der Waals surface area contributed by atoms with E-state index in [0.29, 0.717) is 51.0 Å². The zero-order valence-electron chi connectivity index (χ0n) is 18.4. The molecule has 32 heavy (non-hydrogen) atoms. The van der Waals surface area contributed by atoms with E-state index in [1.165, 1.54) is 16.4 Å². The summed E-state index contributed by atoms with van der Waals surface area (Å²) in [5.74, 6) is 0.0270. The van der Waals surface area contributed by atoms with Crippen molar-refractivity contribution in [1.29, 1.82) is 0 Å². The van der Waals surface area contributed by atoms with E-state index in [2.05, 4.69) is 10.2 Å². The highest BCUT2D eigenvalue weighted by Crippen LogP contribution is 2.33. The first-order valence-corrected chi connectivity index (χ1v) is 12.8. The predicted octanol–water partition coefficient (Wildman–Crippen LogP) is 1.56. The molecule has 4 rings (SSSR count). The normalized spacial score (nSPS) is 21.8. The molecule has 2 heterocycles. The number of nitrogens with one attached hydrogen (secondary N) is 1. The van der Waals surface area contributed by atoms with E-state index in [1.807, 2.05) is 11.8 Å². The Bertz CT molecular complexity index is 967. The number of hydrogen-bond donors (Lipinski definition) is 1. The van der Waals surface area contributed by atoms with Crippen LogP contribution in [-0.4, -0.2) is 79.8 Å². The average molecular weight is 466 g/mol. The summed E-state index contributed by atoms with van der Waals surface area (Å²) in [5, 5.41) is 14.8. The fraction of sp³-hybridized carbons (Fsp3) is 0.667. The number of rotatable bonds is 7. The molecule has 2 aliphatic heterocycles. The van der Waals surface area contributed by atoms with Crippen LogP contribution in [0.2, 0.25) is 0 Å². The van der Waals surface area contributed by atoms with Crippen LogP contribution in [0.1, 0.15) is 39.0 Å². The van der Waals surface area contributed by atoms with E-state index >= 15 is 0 Å². The number of nitrogens with zero attached hydrogens (tertiary/aromatic N) is 4. The lowest BCUT2D eigenvalue weighted by atomic mass is 10.1. The average Bonchev–Trinajstić information content (AvgIpc) is 3.62. The van der Waals surface area contributed by atoms with Crippen molar-refractivity contribution in [2.45, 2.75) is 56.0 Å². The smallest absolute Gasteiger partial charge is 0.293 e. The molecule has 1 saturated carbocycles. The molecule has 1 amide bonds. The Labute approximate surface area is 188 Å². The van der Waals surface area contributed by atoms with Crippen LogP contribution >= 0.6 is 0 Å². The fourth-order valence-electron chi connectivity index (χ4n) is 4.40. The summed E-state index contributed by atoms with van der Waals surface area (Å²) in [4.78, 5) is 27.6. The van der Waals surface area contributed by atoms with Gasteiger partial charge in [-0.25, -0.2) is 8.42 Å². The molecule has 1 aliphatic carbocycles. The predicted molar refractivity (Wildman–Crippen MR) is 120 cm³/mol. The van der Waals surface area contributed by atoms with E-state index in [0.717, 1.165) is 32.1 Å². The summed E-state index contributed by atoms with van der Waals surface area (Å²) >= 11 is 0. The third-order valence-electron chi connectivity index (χ3n) is 6.60. The van der Waals surface area contributed by atoms with Crippen molar-refractivity contribution < 1.29 is 18.1 Å². The molecule has 1 atom stereocenters. The molecule has 3 fully saturated rings. The van der Waals surface area contributed by atoms with Crippen LogP contribution in [0, 0.1) is 10.1 Å². The van der Waals surface area contributed by atoms with Gasteiger partial charge in [-0.1, -0.05) is 6.42 Å². The number of nitro groups is 1. The van der Waals surface area contributed by atoms with Gasteiger partial charge in [-0.2, -0.15) is 4.31 Å². The number of amides is 1. The lowest BCUT2D eigenvalue weighted by Gasteiger charge is -2.38. The quantitative estimate of drug-likeness (QED) is 0.480. The molecule has 176 valence electrons. The topological polar surface area (TPSA) is 116 Å². The van der Waals surface area contributed by atoms with Crippen LogP contribution in [0.4, 0.5) is 11.4 Å². The van der Waals surface area contributed by atoms with Crippen molar-refractivity contribution >= 4 is 27.3 Å². The molecule has 11 heteroatoms. The van der Waals surface area contributed by atoms with E-state index in [9.17, 15) is 23.3 Å². The van der Waals surface area contributed by atoms with E-state index in [4.69, 9.17) is 0 Å². The van der Waals surface area contributed by atoms with Crippen molar-refractivity contribution in [1.82, 2.24) is 14.5 Å². The van der Waals surface area contributed by atoms with E-state index in [1.54, 1.807) is 6.07 Å². The van der Waals surface area contributed by atoms with Crippen LogP contribution < -0.4 is 10.2 Å². The SMILES string of the molecule is CC(C(=O)NC1CC1)N1CCN(c2ccc(S(=O)(=O)N3CCCCC3)cc2[N+](=O)[O-])CC1. The van der Waals surface area contributed by atoms with Crippen LogP contribution in [-0.2, 0) is 14.8 Å². The zero-order chi connectivity index (χ0) is 22.9. The molecule has 1 N–H and O–H groups in total. The summed E-state index contributed by atoms with van der Waals surface area (Å²) in [6.07, 6.45) is 4.69. The van der Waals surface area contributed by atoms with Gasteiger partial charge in [0, 0.05) is 51.4 Å². The van der Waals surface area contributed by atoms with Crippen molar-refractivity contribution in [3.05, 3.63) is 28.3 Å². The Balaban J connectivity index is 1.46. The number of nitro benzene ring substituents is 1. The molecular weight excluding hydrogens is 434 g/mol. The maximum Gasteiger partial charge on any atom is 0.293 e. The van der Waals surface area contributed by atoms with Gasteiger partial charge >= 0.3 is 0 Å². The number of carbonyl (C=O) groups is 1. The van der Waals surface area contributed by atoms with Gasteiger partial charge in [0.15, 0.2) is 0 Å². The minimum absolute atomic E-state index is 0.0270. The third kappa shape index (κ3) is 4.89. The number of anilines is 1. The number of piperidine rings is 1. The lowest BCUT2D eigenvalue weighted by Crippen LogP contribution is -2.54. The Morgan fingerprint density at radius 3 is 2.34 bits per heavy atom. The van der Waals surface area contributed by atoms with Crippen LogP contribution in [0.3, 0.4) is 0 Å². The number of carbonyl (C=O) groups excluding carboxylic acids is 1. The molecule has 1 unspecified atom stereocenters. The van der Waals surface area contributed by atoms with Crippen molar-refractivity contribution in [3.8, 4) is 0 Å². The van der Waals surface area contributed by atoms with E-state index in [-0.39, 0.29) is 22.5 Å². The maximum absolute atomic E-state index is 13.0. The van der Waals surface area contributed by atoms with Gasteiger partial charge in [0.25, 0.3) is 5.69 Å². The Hall–Kier alpha value is -2.24. The highest BCUT2D eigenvalue weighted by molar-refractivity contribution is 7.89. The van der Waals surface area contributed by atoms with Gasteiger partial charge in [0.05, 0.1) is 15.9 Å². The molecular formula is C21H31N5O5S. The summed E-state index contributed by atoms with van der Waals surface area (Å²) in [6, 6.07) is 4.29. The fourth-order valence-corrected chi connectivity index (χ4v) is 5.93. The monoisotopic (exact) mass is 465 g/mol. The first-order valence-electron chi connectivity index (χ1n) is 11.4. The first-order chi connectivity index (χ1) is 15.3. The van der Waals surface area contributed by atoms with E-state index < -0.39 is 14.9 Å². The van der Waals surface area contributed by atoms with Gasteiger partial charge < -0.3 is 10.2 Å². The molecule has 10 nitrogen and oxygen atoms in total. The van der Waals surface area contributed by atoms with Crippen LogP contribution in [0.25, 0.3) is 0 Å². The molecule has 0 aromatic heterocycles. The number of hydrogen-bond acceptors (Lipinski definition) is 7. The molecule has 0 bridgehead atoms. The van der Waals surface area contributed by atoms with Crippen molar-refractivity contribution in [3.63, 3.8) is 0 Å². The molecule has 1 aromatic rings. The summed E-state index contributed by atoms with van der Waals surface area (Å²) < 4.78 is 27.3. The summed E-state index contributed by atoms with van der Waals surface area (Å²) in [6.45, 7) is 5.05. The lowest BCUT2D eigenvalue weighted by molar-refractivity contribution is -0.384. The largest absolute Gasteiger partial charge is 0.363 e. The Morgan fingerprint density at radius 1 is 1.09 bits per heavy atom. The van der Waals surface area contributed by atoms with Gasteiger partial charge in [-0.3, -0.25) is 19.8 Å². The second-order valence-electron chi connectivity index (χ2n) is 8.85. The van der Waals surface area contributed by atoms with Gasteiger partial charge in [0.1, 0.15) is 5.69 Å². The Morgan fingerprint density at radius 2 is 1.75 bits per heavy atom.